The van der Waals surface area contributed by atoms with Crippen molar-refractivity contribution in [2.24, 2.45) is 5.41 Å². The smallest absolute Gasteiger partial charge is 0.223 e. The van der Waals surface area contributed by atoms with Gasteiger partial charge in [0.15, 0.2) is 0 Å². The van der Waals surface area contributed by atoms with Gasteiger partial charge in [-0.15, -0.1) is 0 Å². The lowest BCUT2D eigenvalue weighted by atomic mass is 9.77. The average molecular weight is 340 g/mol. The molecule has 1 aromatic carbocycles. The van der Waals surface area contributed by atoms with Gasteiger partial charge in [0.25, 0.3) is 0 Å². The number of fused-ring (bicyclic) bond motifs is 1. The molecule has 4 rings (SSSR count). The largest absolute Gasteiger partial charge is 0.343 e. The normalized spacial score (nSPS) is 24.8. The molecule has 1 aromatic rings. The van der Waals surface area contributed by atoms with Gasteiger partial charge in [-0.2, -0.15) is 0 Å². The van der Waals surface area contributed by atoms with Gasteiger partial charge in [0.05, 0.1) is 0 Å². The van der Waals surface area contributed by atoms with Crippen molar-refractivity contribution >= 4 is 11.8 Å². The molecule has 0 N–H and O–H groups in total. The van der Waals surface area contributed by atoms with Crippen LogP contribution in [0.2, 0.25) is 0 Å². The first kappa shape index (κ1) is 16.6. The van der Waals surface area contributed by atoms with E-state index in [1.54, 1.807) is 0 Å². The van der Waals surface area contributed by atoms with E-state index >= 15 is 0 Å². The van der Waals surface area contributed by atoms with E-state index in [9.17, 15) is 9.59 Å². The molecular formula is C21H28N2O2. The number of hydrogen-bond donors (Lipinski definition) is 0. The molecule has 2 amide bonds. The van der Waals surface area contributed by atoms with Gasteiger partial charge in [0.2, 0.25) is 11.8 Å². The molecule has 1 atom stereocenters. The number of benzene rings is 1. The van der Waals surface area contributed by atoms with Gasteiger partial charge < -0.3 is 9.80 Å². The summed E-state index contributed by atoms with van der Waals surface area (Å²) in [5, 5.41) is 0. The Morgan fingerprint density at radius 2 is 2.00 bits per heavy atom. The minimum Gasteiger partial charge on any atom is -0.343 e. The molecule has 2 fully saturated rings. The molecule has 3 aliphatic rings. The summed E-state index contributed by atoms with van der Waals surface area (Å²) in [6, 6.07) is 8.56. The Morgan fingerprint density at radius 1 is 1.24 bits per heavy atom. The lowest BCUT2D eigenvalue weighted by Crippen LogP contribution is -2.44. The third kappa shape index (κ3) is 3.07. The van der Waals surface area contributed by atoms with E-state index in [0.717, 1.165) is 51.9 Å². The summed E-state index contributed by atoms with van der Waals surface area (Å²) in [5.41, 5.74) is 2.93. The van der Waals surface area contributed by atoms with Crippen molar-refractivity contribution in [2.75, 3.05) is 26.2 Å². The van der Waals surface area contributed by atoms with E-state index in [2.05, 4.69) is 31.2 Å². The molecule has 1 spiro atoms. The minimum absolute atomic E-state index is 0.129. The van der Waals surface area contributed by atoms with Crippen LogP contribution >= 0.6 is 0 Å². The van der Waals surface area contributed by atoms with Crippen molar-refractivity contribution in [3.05, 3.63) is 35.4 Å². The zero-order valence-electron chi connectivity index (χ0n) is 15.2. The summed E-state index contributed by atoms with van der Waals surface area (Å²) in [6.45, 7) is 5.38. The highest BCUT2D eigenvalue weighted by Crippen LogP contribution is 2.41. The summed E-state index contributed by atoms with van der Waals surface area (Å²) >= 11 is 0. The number of amides is 2. The molecule has 4 heteroatoms. The molecule has 4 nitrogen and oxygen atoms in total. The number of hydrogen-bond acceptors (Lipinski definition) is 2. The van der Waals surface area contributed by atoms with Crippen LogP contribution in [0.3, 0.4) is 0 Å². The summed E-state index contributed by atoms with van der Waals surface area (Å²) < 4.78 is 0. The van der Waals surface area contributed by atoms with Crippen molar-refractivity contribution in [1.82, 2.24) is 9.80 Å². The molecule has 1 aliphatic carbocycles. The van der Waals surface area contributed by atoms with E-state index in [-0.39, 0.29) is 5.41 Å². The van der Waals surface area contributed by atoms with E-state index in [4.69, 9.17) is 0 Å². The third-order valence-electron chi connectivity index (χ3n) is 6.64. The second-order valence-electron chi connectivity index (χ2n) is 8.10. The first-order valence-corrected chi connectivity index (χ1v) is 9.73. The average Bonchev–Trinajstić information content (AvgIpc) is 3.17. The summed E-state index contributed by atoms with van der Waals surface area (Å²) in [5.74, 6) is 0.987. The highest BCUT2D eigenvalue weighted by Gasteiger charge is 2.45. The first-order valence-electron chi connectivity index (χ1n) is 9.73. The maximum absolute atomic E-state index is 12.8. The predicted molar refractivity (Wildman–Crippen MR) is 97.2 cm³/mol. The molecule has 0 bridgehead atoms. The zero-order chi connectivity index (χ0) is 17.4. The number of nitrogens with zero attached hydrogens (tertiary/aromatic N) is 2. The second kappa shape index (κ2) is 6.47. The van der Waals surface area contributed by atoms with Crippen LogP contribution in [0.4, 0.5) is 0 Å². The Hall–Kier alpha value is -1.84. The van der Waals surface area contributed by atoms with E-state index < -0.39 is 0 Å². The van der Waals surface area contributed by atoms with Crippen LogP contribution in [0.15, 0.2) is 24.3 Å². The number of carbonyl (C=O) groups is 2. The molecule has 25 heavy (non-hydrogen) atoms. The van der Waals surface area contributed by atoms with Crippen LogP contribution in [-0.2, 0) is 16.0 Å². The van der Waals surface area contributed by atoms with Crippen LogP contribution in [-0.4, -0.2) is 47.8 Å². The lowest BCUT2D eigenvalue weighted by Gasteiger charge is -2.39. The molecule has 0 aromatic heterocycles. The van der Waals surface area contributed by atoms with E-state index in [0.29, 0.717) is 30.6 Å². The van der Waals surface area contributed by atoms with Crippen LogP contribution in [0.5, 0.6) is 0 Å². The molecule has 0 saturated carbocycles. The fourth-order valence-corrected chi connectivity index (χ4v) is 5.03. The SMILES string of the molecule is CCN1CC2(CCN(C(=O)C[C@H]3CCc4ccccc43)CC2)CC1=O. The van der Waals surface area contributed by atoms with Crippen LogP contribution in [0.1, 0.15) is 56.1 Å². The van der Waals surface area contributed by atoms with Crippen LogP contribution in [0.25, 0.3) is 0 Å². The molecule has 2 saturated heterocycles. The van der Waals surface area contributed by atoms with Gasteiger partial charge in [0.1, 0.15) is 0 Å². The molecule has 0 unspecified atom stereocenters. The van der Waals surface area contributed by atoms with Crippen molar-refractivity contribution in [3.63, 3.8) is 0 Å². The highest BCUT2D eigenvalue weighted by molar-refractivity contribution is 5.80. The van der Waals surface area contributed by atoms with Gasteiger partial charge in [0, 0.05) is 44.4 Å². The van der Waals surface area contributed by atoms with E-state index in [1.165, 1.54) is 11.1 Å². The number of aryl methyl sites for hydroxylation is 1. The van der Waals surface area contributed by atoms with Gasteiger partial charge in [-0.1, -0.05) is 24.3 Å². The molecule has 2 heterocycles. The number of carbonyl (C=O) groups excluding carboxylic acids is 2. The van der Waals surface area contributed by atoms with Gasteiger partial charge >= 0.3 is 0 Å². The zero-order valence-corrected chi connectivity index (χ0v) is 15.2. The Morgan fingerprint density at radius 3 is 2.72 bits per heavy atom. The topological polar surface area (TPSA) is 40.6 Å². The van der Waals surface area contributed by atoms with Gasteiger partial charge in [-0.3, -0.25) is 9.59 Å². The Labute approximate surface area is 150 Å². The fourth-order valence-electron chi connectivity index (χ4n) is 5.03. The third-order valence-corrected chi connectivity index (χ3v) is 6.64. The molecule has 134 valence electrons. The maximum Gasteiger partial charge on any atom is 0.223 e. The monoisotopic (exact) mass is 340 g/mol. The second-order valence-corrected chi connectivity index (χ2v) is 8.10. The quantitative estimate of drug-likeness (QED) is 0.849. The van der Waals surface area contributed by atoms with Gasteiger partial charge in [-0.05, 0) is 49.7 Å². The standard InChI is InChI=1S/C21H28N2O2/c1-2-22-15-21(14-20(22)25)9-11-23(12-10-21)19(24)13-17-8-7-16-5-3-4-6-18(16)17/h3-6,17H,2,7-15H2,1H3/t17-/m1/s1. The summed E-state index contributed by atoms with van der Waals surface area (Å²) in [6.07, 6.45) is 5.47. The molecular weight excluding hydrogens is 312 g/mol. The maximum atomic E-state index is 12.8. The number of likely N-dealkylation sites (tertiary alicyclic amines) is 2. The predicted octanol–water partition coefficient (Wildman–Crippen LogP) is 2.97. The lowest BCUT2D eigenvalue weighted by molar-refractivity contribution is -0.133. The Bertz CT molecular complexity index is 676. The van der Waals surface area contributed by atoms with Gasteiger partial charge in [-0.25, -0.2) is 0 Å². The highest BCUT2D eigenvalue weighted by atomic mass is 16.2. The number of rotatable bonds is 3. The van der Waals surface area contributed by atoms with Crippen molar-refractivity contribution in [1.29, 1.82) is 0 Å². The fraction of sp³-hybridized carbons (Fsp3) is 0.619. The molecule has 0 radical (unpaired) electrons. The van der Waals surface area contributed by atoms with E-state index in [1.807, 2.05) is 9.80 Å². The molecule has 2 aliphatic heterocycles. The summed E-state index contributed by atoms with van der Waals surface area (Å²) in [7, 11) is 0. The van der Waals surface area contributed by atoms with Crippen molar-refractivity contribution in [2.45, 2.75) is 51.4 Å². The number of piperidine rings is 1. The minimum atomic E-state index is 0.129. The van der Waals surface area contributed by atoms with Crippen LogP contribution < -0.4 is 0 Å². The van der Waals surface area contributed by atoms with Crippen molar-refractivity contribution < 1.29 is 9.59 Å². The Balaban J connectivity index is 1.34. The first-order chi connectivity index (χ1) is 12.1. The van der Waals surface area contributed by atoms with Crippen LogP contribution in [0, 0.1) is 5.41 Å². The van der Waals surface area contributed by atoms with Crippen molar-refractivity contribution in [3.8, 4) is 0 Å². The summed E-state index contributed by atoms with van der Waals surface area (Å²) in [4.78, 5) is 28.9. The Kier molecular flexibility index (Phi) is 4.30.